The number of nitrogens with zero attached hydrogens (tertiary/aromatic N) is 2. The highest BCUT2D eigenvalue weighted by Gasteiger charge is 2.31. The highest BCUT2D eigenvalue weighted by molar-refractivity contribution is 6.06. The minimum absolute atomic E-state index is 0.0190. The van der Waals surface area contributed by atoms with E-state index in [0.29, 0.717) is 12.3 Å². The van der Waals surface area contributed by atoms with Gasteiger partial charge in [0.2, 0.25) is 0 Å². The van der Waals surface area contributed by atoms with Crippen LogP contribution in [0.3, 0.4) is 0 Å². The Hall–Kier alpha value is -3.18. The molecule has 4 nitrogen and oxygen atoms in total. The van der Waals surface area contributed by atoms with Crippen LogP contribution in [0.15, 0.2) is 72.8 Å². The molecule has 3 aromatic carbocycles. The lowest BCUT2D eigenvalue weighted by molar-refractivity contribution is 0.0954. The molecule has 0 aromatic heterocycles. The first-order chi connectivity index (χ1) is 15.0. The number of para-hydroxylation sites is 1. The maximum atomic E-state index is 14.4. The molecule has 1 aliphatic heterocycles. The number of anilines is 1. The Labute approximate surface area is 182 Å². The van der Waals surface area contributed by atoms with Gasteiger partial charge >= 0.3 is 0 Å². The van der Waals surface area contributed by atoms with Crippen LogP contribution < -0.4 is 4.90 Å². The lowest BCUT2D eigenvalue weighted by Crippen LogP contribution is -2.47. The van der Waals surface area contributed by atoms with Gasteiger partial charge in [0.05, 0.1) is 5.56 Å². The Balaban J connectivity index is 1.55. The summed E-state index contributed by atoms with van der Waals surface area (Å²) in [5.74, 6) is -0.495. The van der Waals surface area contributed by atoms with E-state index in [2.05, 4.69) is 4.90 Å². The Kier molecular flexibility index (Phi) is 6.33. The lowest BCUT2D eigenvalue weighted by atomic mass is 9.99. The summed E-state index contributed by atoms with van der Waals surface area (Å²) in [5.41, 5.74) is 2.85. The van der Waals surface area contributed by atoms with Gasteiger partial charge in [-0.1, -0.05) is 42.5 Å². The van der Waals surface area contributed by atoms with Crippen molar-refractivity contribution < 1.29 is 14.3 Å². The van der Waals surface area contributed by atoms with Crippen molar-refractivity contribution in [1.82, 2.24) is 4.90 Å². The van der Waals surface area contributed by atoms with Gasteiger partial charge in [0.15, 0.2) is 0 Å². The minimum Gasteiger partial charge on any atom is -0.508 e. The van der Waals surface area contributed by atoms with E-state index in [0.717, 1.165) is 42.7 Å². The first-order valence-corrected chi connectivity index (χ1v) is 10.7. The molecule has 0 radical (unpaired) electrons. The minimum atomic E-state index is -0.498. The van der Waals surface area contributed by atoms with Crippen LogP contribution in [0.5, 0.6) is 5.75 Å². The molecule has 1 N–H and O–H groups in total. The van der Waals surface area contributed by atoms with Gasteiger partial charge in [-0.3, -0.25) is 9.69 Å². The molecule has 1 saturated heterocycles. The van der Waals surface area contributed by atoms with Gasteiger partial charge in [0.1, 0.15) is 11.6 Å². The Morgan fingerprint density at radius 3 is 2.45 bits per heavy atom. The number of rotatable bonds is 5. The van der Waals surface area contributed by atoms with Crippen LogP contribution in [-0.2, 0) is 6.54 Å². The third-order valence-electron chi connectivity index (χ3n) is 5.91. The quantitative estimate of drug-likeness (QED) is 0.623. The molecule has 4 rings (SSSR count). The van der Waals surface area contributed by atoms with Crippen molar-refractivity contribution in [3.63, 3.8) is 0 Å². The summed E-state index contributed by atoms with van der Waals surface area (Å²) >= 11 is 0. The topological polar surface area (TPSA) is 43.8 Å². The third-order valence-corrected chi connectivity index (χ3v) is 5.91. The monoisotopic (exact) mass is 418 g/mol. The van der Waals surface area contributed by atoms with Gasteiger partial charge in [-0.2, -0.15) is 0 Å². The first-order valence-electron chi connectivity index (χ1n) is 10.7. The van der Waals surface area contributed by atoms with Gasteiger partial charge < -0.3 is 10.0 Å². The molecule has 0 aliphatic carbocycles. The second-order valence-corrected chi connectivity index (χ2v) is 8.13. The average Bonchev–Trinajstić information content (AvgIpc) is 2.77. The molecule has 3 aromatic rings. The van der Waals surface area contributed by atoms with Crippen LogP contribution in [0.2, 0.25) is 0 Å². The van der Waals surface area contributed by atoms with Gasteiger partial charge in [-0.25, -0.2) is 4.39 Å². The molecule has 1 amide bonds. The highest BCUT2D eigenvalue weighted by Crippen LogP contribution is 2.28. The molecule has 160 valence electrons. The van der Waals surface area contributed by atoms with Crippen LogP contribution in [0.1, 0.15) is 34.3 Å². The van der Waals surface area contributed by atoms with E-state index in [-0.39, 0.29) is 17.5 Å². The van der Waals surface area contributed by atoms with Crippen LogP contribution in [-0.4, -0.2) is 35.0 Å². The lowest BCUT2D eigenvalue weighted by Gasteiger charge is -2.39. The van der Waals surface area contributed by atoms with Gasteiger partial charge in [-0.15, -0.1) is 0 Å². The van der Waals surface area contributed by atoms with Crippen molar-refractivity contribution in [3.05, 3.63) is 95.3 Å². The maximum absolute atomic E-state index is 14.4. The predicted octanol–water partition coefficient (Wildman–Crippen LogP) is 5.15. The van der Waals surface area contributed by atoms with Gasteiger partial charge in [-0.05, 0) is 55.7 Å². The van der Waals surface area contributed by atoms with E-state index in [1.54, 1.807) is 29.2 Å². The maximum Gasteiger partial charge on any atom is 0.261 e. The molecule has 0 unspecified atom stereocenters. The average molecular weight is 419 g/mol. The third kappa shape index (κ3) is 4.78. The zero-order valence-corrected chi connectivity index (χ0v) is 17.7. The van der Waals surface area contributed by atoms with Crippen LogP contribution in [0.4, 0.5) is 10.1 Å². The normalized spacial score (nSPS) is 15.0. The Morgan fingerprint density at radius 2 is 1.74 bits per heavy atom. The van der Waals surface area contributed by atoms with Crippen molar-refractivity contribution in [2.75, 3.05) is 18.0 Å². The summed E-state index contributed by atoms with van der Waals surface area (Å²) in [5, 5.41) is 10.1. The summed E-state index contributed by atoms with van der Waals surface area (Å²) in [6, 6.07) is 21.3. The number of carbonyl (C=O) groups is 1. The summed E-state index contributed by atoms with van der Waals surface area (Å²) in [4.78, 5) is 17.5. The first kappa shape index (κ1) is 21.1. The van der Waals surface area contributed by atoms with Crippen LogP contribution >= 0.6 is 0 Å². The molecule has 1 aliphatic rings. The van der Waals surface area contributed by atoms with E-state index in [9.17, 15) is 14.3 Å². The fourth-order valence-corrected chi connectivity index (χ4v) is 4.26. The number of phenolic OH excluding ortho intramolecular Hbond substituents is 1. The van der Waals surface area contributed by atoms with Crippen LogP contribution in [0, 0.1) is 12.7 Å². The number of hydrogen-bond donors (Lipinski definition) is 1. The van der Waals surface area contributed by atoms with Crippen molar-refractivity contribution in [2.45, 2.75) is 32.4 Å². The van der Waals surface area contributed by atoms with E-state index >= 15 is 0 Å². The van der Waals surface area contributed by atoms with Crippen LogP contribution in [0.25, 0.3) is 0 Å². The number of piperidine rings is 1. The molecule has 31 heavy (non-hydrogen) atoms. The number of halogens is 1. The number of benzene rings is 3. The Morgan fingerprint density at radius 1 is 1.03 bits per heavy atom. The van der Waals surface area contributed by atoms with Crippen molar-refractivity contribution in [3.8, 4) is 5.75 Å². The number of aryl methyl sites for hydroxylation is 1. The molecule has 0 saturated carbocycles. The summed E-state index contributed by atoms with van der Waals surface area (Å²) in [6.07, 6.45) is 1.56. The predicted molar refractivity (Wildman–Crippen MR) is 121 cm³/mol. The number of phenols is 1. The molecule has 1 fully saturated rings. The van der Waals surface area contributed by atoms with E-state index < -0.39 is 5.82 Å². The largest absolute Gasteiger partial charge is 0.508 e. The summed E-state index contributed by atoms with van der Waals surface area (Å²) in [6.45, 7) is 4.26. The molecular formula is C26H27FN2O2. The van der Waals surface area contributed by atoms with E-state index in [1.165, 1.54) is 6.07 Å². The van der Waals surface area contributed by atoms with Crippen molar-refractivity contribution in [1.29, 1.82) is 0 Å². The zero-order valence-electron chi connectivity index (χ0n) is 17.7. The van der Waals surface area contributed by atoms with Crippen molar-refractivity contribution in [2.24, 2.45) is 0 Å². The number of hydrogen-bond acceptors (Lipinski definition) is 3. The van der Waals surface area contributed by atoms with E-state index in [4.69, 9.17) is 0 Å². The van der Waals surface area contributed by atoms with Gasteiger partial charge in [0, 0.05) is 36.9 Å². The zero-order chi connectivity index (χ0) is 21.8. The molecular weight excluding hydrogens is 391 g/mol. The fourth-order valence-electron chi connectivity index (χ4n) is 4.26. The number of likely N-dealkylation sites (tertiary alicyclic amines) is 1. The molecule has 0 atom stereocenters. The molecule has 1 heterocycles. The Bertz CT molecular complexity index is 1060. The number of amides is 1. The number of carbonyl (C=O) groups excluding carboxylic acids is 1. The number of aromatic hydroxyl groups is 1. The van der Waals surface area contributed by atoms with Crippen molar-refractivity contribution >= 4 is 11.6 Å². The molecule has 5 heteroatoms. The second-order valence-electron chi connectivity index (χ2n) is 8.13. The molecule has 0 spiro atoms. The smallest absolute Gasteiger partial charge is 0.261 e. The van der Waals surface area contributed by atoms with E-state index in [1.807, 2.05) is 49.4 Å². The SMILES string of the molecule is Cc1cccc(N(C(=O)c2ccccc2F)C2CCN(Cc3ccccc3O)CC2)c1. The summed E-state index contributed by atoms with van der Waals surface area (Å²) in [7, 11) is 0. The van der Waals surface area contributed by atoms with Gasteiger partial charge in [0.25, 0.3) is 5.91 Å². The second kappa shape index (κ2) is 9.31. The molecule has 0 bridgehead atoms. The summed E-state index contributed by atoms with van der Waals surface area (Å²) < 4.78 is 14.4. The highest BCUT2D eigenvalue weighted by atomic mass is 19.1. The standard InChI is InChI=1S/C26H27FN2O2/c1-19-7-6-9-22(17-19)29(26(31)23-10-3-4-11-24(23)27)21-13-15-28(16-14-21)18-20-8-2-5-12-25(20)30/h2-12,17,21,30H,13-16,18H2,1H3. The fraction of sp³-hybridized carbons (Fsp3) is 0.269.